The van der Waals surface area contributed by atoms with Gasteiger partial charge in [-0.15, -0.1) is 0 Å². The summed E-state index contributed by atoms with van der Waals surface area (Å²) >= 11 is 0. The molecule has 0 N–H and O–H groups in total. The molecule has 0 radical (unpaired) electrons. The first kappa shape index (κ1) is 18.9. The lowest BCUT2D eigenvalue weighted by molar-refractivity contribution is -0.384. The maximum absolute atomic E-state index is 10.7. The molecule has 8 heteroatoms. The Morgan fingerprint density at radius 1 is 1.31 bits per heavy atom. The van der Waals surface area contributed by atoms with Gasteiger partial charge in [0.2, 0.25) is 12.5 Å². The molecule has 0 bridgehead atoms. The highest BCUT2D eigenvalue weighted by atomic mass is 16.7. The fourth-order valence-electron chi connectivity index (χ4n) is 3.54. The molecule has 0 fully saturated rings. The lowest BCUT2D eigenvalue weighted by Gasteiger charge is -2.32. The summed E-state index contributed by atoms with van der Waals surface area (Å²) in [5.41, 5.74) is 2.16. The third-order valence-electron chi connectivity index (χ3n) is 4.99. The maximum Gasteiger partial charge on any atom is 0.269 e. The summed E-state index contributed by atoms with van der Waals surface area (Å²) in [6, 6.07) is 7.78. The van der Waals surface area contributed by atoms with Crippen molar-refractivity contribution in [2.24, 2.45) is 0 Å². The number of methoxy groups -OCH3 is 1. The second-order valence-electron chi connectivity index (χ2n) is 6.71. The largest absolute Gasteiger partial charge is 0.492 e. The van der Waals surface area contributed by atoms with Crippen LogP contribution >= 0.6 is 0 Å². The first-order valence-corrected chi connectivity index (χ1v) is 9.13. The van der Waals surface area contributed by atoms with Crippen molar-refractivity contribution >= 4 is 5.69 Å². The lowest BCUT2D eigenvalue weighted by Crippen LogP contribution is -2.31. The van der Waals surface area contributed by atoms with Crippen LogP contribution in [0, 0.1) is 22.0 Å². The predicted molar refractivity (Wildman–Crippen MR) is 105 cm³/mol. The Morgan fingerprint density at radius 2 is 2.10 bits per heavy atom. The van der Waals surface area contributed by atoms with Gasteiger partial charge in [-0.05, 0) is 37.2 Å². The summed E-state index contributed by atoms with van der Waals surface area (Å²) < 4.78 is 22.4. The molecule has 1 atom stereocenters. The van der Waals surface area contributed by atoms with E-state index >= 15 is 0 Å². The fourth-order valence-corrected chi connectivity index (χ4v) is 3.54. The molecule has 2 heterocycles. The van der Waals surface area contributed by atoms with Crippen molar-refractivity contribution in [2.75, 3.05) is 34.1 Å². The minimum atomic E-state index is -0.446. The Bertz CT molecular complexity index is 993. The number of likely N-dealkylation sites (N-methyl/N-ethyl adjacent to an activating group) is 1. The Kier molecular flexibility index (Phi) is 5.14. The van der Waals surface area contributed by atoms with Crippen LogP contribution in [0.1, 0.15) is 17.2 Å². The maximum atomic E-state index is 10.7. The van der Waals surface area contributed by atoms with Crippen LogP contribution in [0.15, 0.2) is 30.3 Å². The molecule has 150 valence electrons. The number of fused-ring (bicyclic) bond motifs is 2. The zero-order chi connectivity index (χ0) is 20.4. The van der Waals surface area contributed by atoms with E-state index in [1.165, 1.54) is 12.1 Å². The van der Waals surface area contributed by atoms with E-state index < -0.39 is 4.92 Å². The van der Waals surface area contributed by atoms with Crippen LogP contribution < -0.4 is 18.9 Å². The van der Waals surface area contributed by atoms with Gasteiger partial charge >= 0.3 is 0 Å². The summed E-state index contributed by atoms with van der Waals surface area (Å²) in [6.45, 7) is 1.21. The average molecular weight is 396 g/mol. The third-order valence-corrected chi connectivity index (χ3v) is 4.99. The van der Waals surface area contributed by atoms with Crippen molar-refractivity contribution in [1.82, 2.24) is 4.90 Å². The van der Waals surface area contributed by atoms with E-state index in [1.54, 1.807) is 19.2 Å². The van der Waals surface area contributed by atoms with Crippen molar-refractivity contribution in [3.8, 4) is 34.8 Å². The topological polar surface area (TPSA) is 83.3 Å². The summed E-state index contributed by atoms with van der Waals surface area (Å²) in [5, 5.41) is 10.7. The molecule has 2 aromatic rings. The summed E-state index contributed by atoms with van der Waals surface area (Å²) in [5.74, 6) is 8.84. The Morgan fingerprint density at radius 3 is 2.83 bits per heavy atom. The molecule has 0 saturated heterocycles. The van der Waals surface area contributed by atoms with E-state index in [0.717, 1.165) is 24.1 Å². The number of hydrogen-bond acceptors (Lipinski definition) is 7. The molecule has 2 aromatic carbocycles. The van der Waals surface area contributed by atoms with E-state index in [-0.39, 0.29) is 25.1 Å². The average Bonchev–Trinajstić information content (AvgIpc) is 3.19. The number of hydrogen-bond donors (Lipinski definition) is 0. The van der Waals surface area contributed by atoms with E-state index in [4.69, 9.17) is 18.9 Å². The van der Waals surface area contributed by atoms with E-state index in [9.17, 15) is 10.1 Å². The van der Waals surface area contributed by atoms with Gasteiger partial charge in [-0.2, -0.15) is 0 Å². The highest BCUT2D eigenvalue weighted by Crippen LogP contribution is 2.49. The smallest absolute Gasteiger partial charge is 0.269 e. The van der Waals surface area contributed by atoms with E-state index in [0.29, 0.717) is 23.0 Å². The van der Waals surface area contributed by atoms with E-state index in [1.807, 2.05) is 13.1 Å². The molecule has 0 amide bonds. The van der Waals surface area contributed by atoms with Crippen LogP contribution in [0.2, 0.25) is 0 Å². The zero-order valence-electron chi connectivity index (χ0n) is 16.1. The van der Waals surface area contributed by atoms with Crippen LogP contribution in [0.5, 0.6) is 23.0 Å². The summed E-state index contributed by atoms with van der Waals surface area (Å²) in [6.07, 6.45) is 0.871. The molecule has 0 aromatic heterocycles. The molecule has 2 aliphatic heterocycles. The first-order valence-electron chi connectivity index (χ1n) is 9.13. The predicted octanol–water partition coefficient (Wildman–Crippen LogP) is 2.94. The van der Waals surface area contributed by atoms with E-state index in [2.05, 4.69) is 16.7 Å². The van der Waals surface area contributed by atoms with Crippen LogP contribution in [0.25, 0.3) is 0 Å². The minimum absolute atomic E-state index is 0.0229. The monoisotopic (exact) mass is 396 g/mol. The number of rotatable bonds is 4. The number of benzene rings is 2. The normalized spacial score (nSPS) is 17.1. The highest BCUT2D eigenvalue weighted by molar-refractivity contribution is 5.62. The zero-order valence-corrected chi connectivity index (χ0v) is 16.1. The van der Waals surface area contributed by atoms with Gasteiger partial charge < -0.3 is 18.9 Å². The Labute approximate surface area is 168 Å². The number of non-ortho nitro benzene ring substituents is 1. The van der Waals surface area contributed by atoms with Crippen molar-refractivity contribution < 1.29 is 23.9 Å². The second-order valence-corrected chi connectivity index (χ2v) is 6.71. The molecule has 4 rings (SSSR count). The van der Waals surface area contributed by atoms with Gasteiger partial charge in [-0.1, -0.05) is 11.8 Å². The highest BCUT2D eigenvalue weighted by Gasteiger charge is 2.33. The molecule has 0 spiro atoms. The van der Waals surface area contributed by atoms with Crippen molar-refractivity contribution in [2.45, 2.75) is 12.5 Å². The molecule has 2 aliphatic rings. The van der Waals surface area contributed by atoms with Crippen LogP contribution in [0.4, 0.5) is 5.69 Å². The van der Waals surface area contributed by atoms with Crippen molar-refractivity contribution in [3.05, 3.63) is 51.6 Å². The Hall–Kier alpha value is -3.44. The quantitative estimate of drug-likeness (QED) is 0.446. The molecule has 0 aliphatic carbocycles. The minimum Gasteiger partial charge on any atom is -0.492 e. The number of ether oxygens (including phenoxy) is 4. The molecule has 0 saturated carbocycles. The summed E-state index contributed by atoms with van der Waals surface area (Å²) in [7, 11) is 3.64. The number of nitrogens with zero attached hydrogens (tertiary/aromatic N) is 2. The molecule has 29 heavy (non-hydrogen) atoms. The third kappa shape index (κ3) is 3.65. The number of nitro benzene ring substituents is 1. The van der Waals surface area contributed by atoms with Gasteiger partial charge in [-0.25, -0.2) is 0 Å². The van der Waals surface area contributed by atoms with Gasteiger partial charge in [0.15, 0.2) is 11.5 Å². The SMILES string of the molecule is COc1c2c(cc3c1[C@@H](C#CCOc1ccc([N+](=O)[O-])cc1)N(C)CC3)OCO2. The van der Waals surface area contributed by atoms with Crippen LogP contribution in [0.3, 0.4) is 0 Å². The molecular formula is C21H20N2O6. The van der Waals surface area contributed by atoms with Crippen molar-refractivity contribution in [1.29, 1.82) is 0 Å². The Balaban J connectivity index is 1.54. The number of nitro groups is 1. The van der Waals surface area contributed by atoms with Gasteiger partial charge in [-0.3, -0.25) is 15.0 Å². The first-order chi connectivity index (χ1) is 14.1. The second kappa shape index (κ2) is 7.89. The van der Waals surface area contributed by atoms with Crippen LogP contribution in [-0.4, -0.2) is 43.9 Å². The van der Waals surface area contributed by atoms with Gasteiger partial charge in [0.25, 0.3) is 5.69 Å². The van der Waals surface area contributed by atoms with Gasteiger partial charge in [0, 0.05) is 24.2 Å². The molecule has 8 nitrogen and oxygen atoms in total. The summed E-state index contributed by atoms with van der Waals surface area (Å²) in [4.78, 5) is 12.4. The van der Waals surface area contributed by atoms with Crippen LogP contribution in [-0.2, 0) is 6.42 Å². The molecule has 0 unspecified atom stereocenters. The standard InChI is InChI=1S/C21H20N2O6/c1-22-10-9-14-12-18-20(29-13-28-18)21(26-2)19(14)17(22)4-3-11-27-16-7-5-15(6-8-16)23(24)25/h5-8,12,17H,9-11,13H2,1-2H3/t17-/m1/s1. The molecular weight excluding hydrogens is 376 g/mol. The van der Waals surface area contributed by atoms with Gasteiger partial charge in [0.05, 0.1) is 12.0 Å². The lowest BCUT2D eigenvalue weighted by atomic mass is 9.91. The van der Waals surface area contributed by atoms with Gasteiger partial charge in [0.1, 0.15) is 18.4 Å². The fraction of sp³-hybridized carbons (Fsp3) is 0.333. The van der Waals surface area contributed by atoms with Crippen molar-refractivity contribution in [3.63, 3.8) is 0 Å².